The molecule has 1 aromatic carbocycles. The van der Waals surface area contributed by atoms with E-state index in [1.54, 1.807) is 0 Å². The fourth-order valence-electron chi connectivity index (χ4n) is 1.30. The Hall–Kier alpha value is -1.68. The summed E-state index contributed by atoms with van der Waals surface area (Å²) in [7, 11) is 0. The summed E-state index contributed by atoms with van der Waals surface area (Å²) in [4.78, 5) is 3.02. The van der Waals surface area contributed by atoms with Crippen LogP contribution >= 0.6 is 0 Å². The summed E-state index contributed by atoms with van der Waals surface area (Å²) in [6.45, 7) is 2.93. The lowest BCUT2D eigenvalue weighted by molar-refractivity contribution is 0.102. The molecule has 4 nitrogen and oxygen atoms in total. The number of H-pyrrole nitrogens is 1. The van der Waals surface area contributed by atoms with Gasteiger partial charge in [-0.1, -0.05) is 30.3 Å². The Morgan fingerprint density at radius 2 is 1.93 bits per heavy atom. The molecule has 0 amide bonds. The number of aryl methyl sites for hydroxylation is 1. The molecule has 1 heterocycles. The number of nitrogens with one attached hydrogen (secondary N) is 1. The highest BCUT2D eigenvalue weighted by Crippen LogP contribution is 2.02. The van der Waals surface area contributed by atoms with Gasteiger partial charge in [0, 0.05) is 0 Å². The summed E-state index contributed by atoms with van der Waals surface area (Å²) < 4.78 is 5.49. The molecule has 0 aliphatic heterocycles. The fourth-order valence-corrected chi connectivity index (χ4v) is 1.30. The van der Waals surface area contributed by atoms with Crippen LogP contribution in [0.5, 0.6) is 0 Å². The fraction of sp³-hybridized carbons (Fsp3) is 0.273. The van der Waals surface area contributed by atoms with Crippen LogP contribution in [0.3, 0.4) is 0 Å². The first-order valence-electron chi connectivity index (χ1n) is 4.84. The Labute approximate surface area is 88.3 Å². The number of rotatable bonds is 4. The lowest BCUT2D eigenvalue weighted by Crippen LogP contribution is -1.95. The van der Waals surface area contributed by atoms with E-state index in [1.165, 1.54) is 0 Å². The predicted molar refractivity (Wildman–Crippen MR) is 56.1 cm³/mol. The van der Waals surface area contributed by atoms with Gasteiger partial charge in [0.1, 0.15) is 12.4 Å². The van der Waals surface area contributed by atoms with Gasteiger partial charge in [0.2, 0.25) is 0 Å². The number of hydrogen-bond acceptors (Lipinski definition) is 3. The third-order valence-electron chi connectivity index (χ3n) is 2.00. The minimum Gasteiger partial charge on any atom is -0.369 e. The van der Waals surface area contributed by atoms with E-state index in [4.69, 9.17) is 4.74 Å². The van der Waals surface area contributed by atoms with Crippen molar-refractivity contribution in [3.63, 3.8) is 0 Å². The number of hydrogen-bond donors (Lipinski definition) is 1. The zero-order chi connectivity index (χ0) is 10.5. The molecule has 0 unspecified atom stereocenters. The van der Waals surface area contributed by atoms with Crippen LogP contribution in [0.25, 0.3) is 0 Å². The summed E-state index contributed by atoms with van der Waals surface area (Å²) in [6.07, 6.45) is 0. The molecule has 0 aliphatic rings. The number of aromatic amines is 1. The van der Waals surface area contributed by atoms with E-state index >= 15 is 0 Å². The third kappa shape index (κ3) is 2.89. The van der Waals surface area contributed by atoms with Crippen molar-refractivity contribution in [1.29, 1.82) is 0 Å². The summed E-state index contributed by atoms with van der Waals surface area (Å²) in [5.41, 5.74) is 1.16. The van der Waals surface area contributed by atoms with Crippen molar-refractivity contribution in [3.05, 3.63) is 47.5 Å². The van der Waals surface area contributed by atoms with Crippen molar-refractivity contribution in [3.8, 4) is 0 Å². The average Bonchev–Trinajstić information content (AvgIpc) is 2.66. The molecular weight excluding hydrogens is 190 g/mol. The highest BCUT2D eigenvalue weighted by Gasteiger charge is 1.98. The number of aromatic nitrogens is 3. The van der Waals surface area contributed by atoms with Gasteiger partial charge in [-0.15, -0.1) is 10.2 Å². The van der Waals surface area contributed by atoms with Crippen LogP contribution in [-0.2, 0) is 18.0 Å². The van der Waals surface area contributed by atoms with Crippen molar-refractivity contribution < 1.29 is 4.74 Å². The van der Waals surface area contributed by atoms with Crippen LogP contribution in [0.4, 0.5) is 0 Å². The van der Waals surface area contributed by atoms with Crippen LogP contribution in [0.2, 0.25) is 0 Å². The van der Waals surface area contributed by atoms with Crippen LogP contribution in [0.1, 0.15) is 17.2 Å². The molecule has 4 heteroatoms. The molecule has 0 spiro atoms. The summed E-state index contributed by atoms with van der Waals surface area (Å²) in [6, 6.07) is 10.1. The lowest BCUT2D eigenvalue weighted by atomic mass is 10.2. The Balaban J connectivity index is 1.80. The SMILES string of the molecule is Cc1nnc(COCc2ccccc2)[nH]1. The maximum atomic E-state index is 5.49. The molecule has 0 aliphatic carbocycles. The Kier molecular flexibility index (Phi) is 3.09. The monoisotopic (exact) mass is 203 g/mol. The van der Waals surface area contributed by atoms with Crippen LogP contribution in [0, 0.1) is 6.92 Å². The van der Waals surface area contributed by atoms with Gasteiger partial charge in [-0.2, -0.15) is 0 Å². The minimum absolute atomic E-state index is 0.468. The van der Waals surface area contributed by atoms with E-state index in [1.807, 2.05) is 37.3 Å². The Bertz CT molecular complexity index is 411. The zero-order valence-corrected chi connectivity index (χ0v) is 8.60. The second kappa shape index (κ2) is 4.70. The quantitative estimate of drug-likeness (QED) is 0.824. The van der Waals surface area contributed by atoms with Gasteiger partial charge in [0.25, 0.3) is 0 Å². The second-order valence-electron chi connectivity index (χ2n) is 3.34. The van der Waals surface area contributed by atoms with Gasteiger partial charge in [-0.25, -0.2) is 0 Å². The highest BCUT2D eigenvalue weighted by molar-refractivity contribution is 5.13. The van der Waals surface area contributed by atoms with E-state index < -0.39 is 0 Å². The van der Waals surface area contributed by atoms with E-state index in [2.05, 4.69) is 15.2 Å². The van der Waals surface area contributed by atoms with Gasteiger partial charge in [0.05, 0.1) is 6.61 Å². The highest BCUT2D eigenvalue weighted by atomic mass is 16.5. The molecule has 15 heavy (non-hydrogen) atoms. The first kappa shape index (κ1) is 9.86. The molecule has 78 valence electrons. The lowest BCUT2D eigenvalue weighted by Gasteiger charge is -2.01. The van der Waals surface area contributed by atoms with E-state index in [0.29, 0.717) is 13.2 Å². The second-order valence-corrected chi connectivity index (χ2v) is 3.34. The smallest absolute Gasteiger partial charge is 0.156 e. The predicted octanol–water partition coefficient (Wildman–Crippen LogP) is 1.83. The van der Waals surface area contributed by atoms with Crippen molar-refractivity contribution in [1.82, 2.24) is 15.2 Å². The molecule has 1 N–H and O–H groups in total. The first-order chi connectivity index (χ1) is 7.34. The number of nitrogens with zero attached hydrogens (tertiary/aromatic N) is 2. The van der Waals surface area contributed by atoms with Crippen molar-refractivity contribution in [2.75, 3.05) is 0 Å². The third-order valence-corrected chi connectivity index (χ3v) is 2.00. The topological polar surface area (TPSA) is 50.8 Å². The molecule has 0 fully saturated rings. The van der Waals surface area contributed by atoms with Crippen molar-refractivity contribution in [2.45, 2.75) is 20.1 Å². The van der Waals surface area contributed by atoms with E-state index in [9.17, 15) is 0 Å². The molecular formula is C11H13N3O. The standard InChI is InChI=1S/C11H13N3O/c1-9-12-11(14-13-9)8-15-7-10-5-3-2-4-6-10/h2-6H,7-8H2,1H3,(H,12,13,14). The summed E-state index contributed by atoms with van der Waals surface area (Å²) >= 11 is 0. The van der Waals surface area contributed by atoms with E-state index in [0.717, 1.165) is 17.2 Å². The molecule has 2 aromatic rings. The molecule has 0 saturated carbocycles. The van der Waals surface area contributed by atoms with Gasteiger partial charge in [-0.05, 0) is 12.5 Å². The summed E-state index contributed by atoms with van der Waals surface area (Å²) in [5.74, 6) is 1.58. The molecule has 2 rings (SSSR count). The van der Waals surface area contributed by atoms with Crippen molar-refractivity contribution >= 4 is 0 Å². The van der Waals surface area contributed by atoms with Crippen LogP contribution in [0.15, 0.2) is 30.3 Å². The Morgan fingerprint density at radius 1 is 1.13 bits per heavy atom. The van der Waals surface area contributed by atoms with E-state index in [-0.39, 0.29) is 0 Å². The normalized spacial score (nSPS) is 10.5. The van der Waals surface area contributed by atoms with Crippen LogP contribution < -0.4 is 0 Å². The summed E-state index contributed by atoms with van der Waals surface area (Å²) in [5, 5.41) is 7.77. The maximum absolute atomic E-state index is 5.49. The molecule has 0 bridgehead atoms. The first-order valence-corrected chi connectivity index (χ1v) is 4.84. The maximum Gasteiger partial charge on any atom is 0.156 e. The van der Waals surface area contributed by atoms with Gasteiger partial charge in [-0.3, -0.25) is 0 Å². The average molecular weight is 203 g/mol. The molecule has 0 atom stereocenters. The zero-order valence-electron chi connectivity index (χ0n) is 8.60. The number of ether oxygens (including phenoxy) is 1. The van der Waals surface area contributed by atoms with Gasteiger partial charge < -0.3 is 9.72 Å². The van der Waals surface area contributed by atoms with Crippen molar-refractivity contribution in [2.24, 2.45) is 0 Å². The largest absolute Gasteiger partial charge is 0.369 e. The van der Waals surface area contributed by atoms with Crippen LogP contribution in [-0.4, -0.2) is 15.2 Å². The van der Waals surface area contributed by atoms with Gasteiger partial charge >= 0.3 is 0 Å². The number of benzene rings is 1. The molecule has 1 aromatic heterocycles. The Morgan fingerprint density at radius 3 is 2.60 bits per heavy atom. The van der Waals surface area contributed by atoms with Gasteiger partial charge in [0.15, 0.2) is 5.82 Å². The minimum atomic E-state index is 0.468. The molecule has 0 radical (unpaired) electrons. The molecule has 0 saturated heterocycles.